The fourth-order valence-corrected chi connectivity index (χ4v) is 10.2. The van der Waals surface area contributed by atoms with Crippen LogP contribution < -0.4 is 31.3 Å². The number of aldehydes is 1. The van der Waals surface area contributed by atoms with Crippen LogP contribution in [0.5, 0.6) is 11.5 Å². The Morgan fingerprint density at radius 1 is 0.818 bits per heavy atom. The van der Waals surface area contributed by atoms with Gasteiger partial charge in [-0.2, -0.15) is 10.2 Å². The van der Waals surface area contributed by atoms with Crippen LogP contribution in [-0.4, -0.2) is 202 Å². The number of likely N-dealkylation sites (N-methyl/N-ethyl adjacent to an activating group) is 3. The minimum absolute atomic E-state index is 0.0195. The topological polar surface area (TPSA) is 245 Å². The molecule has 5 N–H and O–H groups in total. The third kappa shape index (κ3) is 25.6. The van der Waals surface area contributed by atoms with Gasteiger partial charge in [0.1, 0.15) is 30.4 Å². The van der Waals surface area contributed by atoms with E-state index in [9.17, 15) is 28.0 Å². The summed E-state index contributed by atoms with van der Waals surface area (Å²) in [7, 11) is 8.11. The molecule has 480 valence electrons. The van der Waals surface area contributed by atoms with Crippen molar-refractivity contribution in [3.05, 3.63) is 117 Å². The highest BCUT2D eigenvalue weighted by atomic mass is 35.5. The number of benzene rings is 3. The number of urea groups is 1. The number of halogens is 3. The Labute approximate surface area is 524 Å². The van der Waals surface area contributed by atoms with Gasteiger partial charge in [0.05, 0.1) is 69.9 Å². The van der Waals surface area contributed by atoms with Gasteiger partial charge < -0.3 is 64.6 Å². The highest BCUT2D eigenvalue weighted by Gasteiger charge is 2.52. The molecule has 88 heavy (non-hydrogen) atoms. The van der Waals surface area contributed by atoms with Crippen molar-refractivity contribution in [1.82, 2.24) is 39.7 Å². The molecular weight excluding hydrogens is 1180 g/mol. The predicted octanol–water partition coefficient (Wildman–Crippen LogP) is 7.70. The van der Waals surface area contributed by atoms with Gasteiger partial charge in [-0.1, -0.05) is 35.9 Å². The number of nitrogens with two attached hydrogens (primary N) is 1. The third-order valence-corrected chi connectivity index (χ3v) is 15.5. The number of anilines is 2. The number of hydrogen-bond acceptors (Lipinski definition) is 18. The lowest BCUT2D eigenvalue weighted by molar-refractivity contribution is -0.164. The molecule has 3 heterocycles. The smallest absolute Gasteiger partial charge is 0.325 e. The molecule has 2 aromatic heterocycles. The molecule has 3 aromatic carbocycles. The maximum Gasteiger partial charge on any atom is 0.325 e. The van der Waals surface area contributed by atoms with Gasteiger partial charge in [0.2, 0.25) is 11.8 Å². The van der Waals surface area contributed by atoms with Crippen molar-refractivity contribution in [2.75, 3.05) is 130 Å². The van der Waals surface area contributed by atoms with Gasteiger partial charge in [0.15, 0.2) is 5.13 Å². The molecule has 1 aliphatic carbocycles. The molecule has 22 nitrogen and oxygen atoms in total. The number of thiazole rings is 1. The number of rotatable bonds is 36. The second-order valence-corrected chi connectivity index (χ2v) is 22.9. The molecule has 7 rings (SSSR count). The number of nitrogens with zero attached hydrogens (tertiary/aromatic N) is 9. The minimum Gasteiger partial charge on any atom is -0.494 e. The second-order valence-electron chi connectivity index (χ2n) is 21.6. The fraction of sp³-hybridized carbons (Fsp3) is 0.516. The Morgan fingerprint density at radius 3 is 2.10 bits per heavy atom. The second kappa shape index (κ2) is 37.8. The zero-order valence-electron chi connectivity index (χ0n) is 51.2. The first-order valence-electron chi connectivity index (χ1n) is 29.6. The van der Waals surface area contributed by atoms with Crippen LogP contribution in [0.4, 0.5) is 24.4 Å². The maximum atomic E-state index is 14.3. The summed E-state index contributed by atoms with van der Waals surface area (Å²) >= 11 is 7.28. The van der Waals surface area contributed by atoms with Gasteiger partial charge in [-0.05, 0) is 114 Å². The third-order valence-electron chi connectivity index (χ3n) is 14.4. The van der Waals surface area contributed by atoms with Crippen molar-refractivity contribution in [2.45, 2.75) is 82.8 Å². The zero-order valence-corrected chi connectivity index (χ0v) is 52.8. The number of amides is 4. The summed E-state index contributed by atoms with van der Waals surface area (Å²) in [5.74, 6) is 3.09. The molecule has 1 saturated carbocycles. The summed E-state index contributed by atoms with van der Waals surface area (Å²) in [6, 6.07) is 19.0. The normalized spacial score (nSPS) is 14.9. The summed E-state index contributed by atoms with van der Waals surface area (Å²) in [6.45, 7) is 12.4. The van der Waals surface area contributed by atoms with E-state index < -0.39 is 48.7 Å². The number of carbonyl (C=O) groups is 4. The van der Waals surface area contributed by atoms with Gasteiger partial charge in [-0.15, -0.1) is 11.3 Å². The number of piperazine rings is 1. The van der Waals surface area contributed by atoms with Gasteiger partial charge in [-0.3, -0.25) is 24.6 Å². The molecular formula is C62H86ClF2N13O9S. The molecule has 0 radical (unpaired) electrons. The van der Waals surface area contributed by atoms with Gasteiger partial charge in [0, 0.05) is 119 Å². The predicted molar refractivity (Wildman–Crippen MR) is 339 cm³/mol. The number of unbranched alkanes of at least 4 members (excludes halogenated alkanes) is 1. The van der Waals surface area contributed by atoms with E-state index in [2.05, 4.69) is 64.9 Å². The Kier molecular flexibility index (Phi) is 30.1. The molecule has 2 fully saturated rings. The molecule has 0 spiro atoms. The van der Waals surface area contributed by atoms with Crippen molar-refractivity contribution in [2.24, 2.45) is 23.0 Å². The van der Waals surface area contributed by atoms with Crippen LogP contribution in [0.15, 0.2) is 94.5 Å². The lowest BCUT2D eigenvalue weighted by Gasteiger charge is -2.45. The summed E-state index contributed by atoms with van der Waals surface area (Å²) in [5.41, 5.74) is 4.48. The molecule has 1 saturated heterocycles. The Balaban J connectivity index is 0.00000142. The number of ether oxygens (including phenoxy) is 5. The van der Waals surface area contributed by atoms with Crippen molar-refractivity contribution < 1.29 is 51.6 Å². The Morgan fingerprint density at radius 2 is 1.45 bits per heavy atom. The number of aryl methyl sites for hydroxylation is 3. The first kappa shape index (κ1) is 70.1. The zero-order chi connectivity index (χ0) is 63.1. The van der Waals surface area contributed by atoms with Crippen LogP contribution in [0, 0.1) is 6.92 Å². The quantitative estimate of drug-likeness (QED) is 0.00987. The minimum atomic E-state index is -2.91. The van der Waals surface area contributed by atoms with Crippen LogP contribution in [0.2, 0.25) is 5.02 Å². The highest BCUT2D eigenvalue weighted by Crippen LogP contribution is 2.44. The SMILES string of the molecule is CN1CCN(C)CC1.Cc1nn(C)cc1C(C(=O)NCc1ccc(Cl)cc1)N(C(=O)CCc1ccc(OCCCCN(C)CCOCCOCC/C(C=NCCOCCOc2ccc(NC(=O)Nc3nc(CC=O)cs3)cc2)=N/N)cc1)C1CC(F)(F)C1. The number of hydrazone groups is 1. The van der Waals surface area contributed by atoms with Crippen LogP contribution in [0.1, 0.15) is 72.6 Å². The summed E-state index contributed by atoms with van der Waals surface area (Å²) < 4.78 is 59.0. The molecule has 1 aliphatic heterocycles. The first-order chi connectivity index (χ1) is 42.5. The lowest BCUT2D eigenvalue weighted by atomic mass is 9.84. The number of carbonyl (C=O) groups excluding carboxylic acids is 4. The van der Waals surface area contributed by atoms with E-state index >= 15 is 0 Å². The molecule has 1 atom stereocenters. The van der Waals surface area contributed by atoms with E-state index in [1.165, 1.54) is 42.4 Å². The standard InChI is InChI=1S/C56H72ClF2N11O9S.C6H14N2/c1-40-50(38-69(3)67-40)52(53(73)62-36-42-6-11-43(57)12-7-42)70(47-34-56(58,59)35-47)51(72)19-10-41-8-15-48(16-9-41)78-26-5-4-23-68(2)24-29-77-31-30-75-27-21-45(66-60)37-61-22-28-76-32-33-79-49-17-13-44(14-18-49)63-54(74)65-55-64-46(20-25-71)39-80-55;1-7-3-5-8(2)6-4-7/h6-9,11-18,25,37-39,47,52H,4-5,10,19-24,26-36,60H2,1-3H3,(H,62,73)(H2,63,64,65,74);3-6H2,1-2H3/b61-37?,66-45-;. The van der Waals surface area contributed by atoms with Crippen LogP contribution in [-0.2, 0) is 55.0 Å². The molecule has 1 unspecified atom stereocenters. The van der Waals surface area contributed by atoms with E-state index in [0.29, 0.717) is 122 Å². The average Bonchev–Trinajstić information content (AvgIpc) is 1.66. The van der Waals surface area contributed by atoms with E-state index in [4.69, 9.17) is 41.1 Å². The maximum absolute atomic E-state index is 14.3. The monoisotopic (exact) mass is 1260 g/mol. The van der Waals surface area contributed by atoms with E-state index in [0.717, 1.165) is 43.3 Å². The first-order valence-corrected chi connectivity index (χ1v) is 30.9. The van der Waals surface area contributed by atoms with E-state index in [-0.39, 0.29) is 19.4 Å². The summed E-state index contributed by atoms with van der Waals surface area (Å²) in [4.78, 5) is 67.7. The molecule has 5 aromatic rings. The van der Waals surface area contributed by atoms with Gasteiger partial charge in [0.25, 0.3) is 5.92 Å². The fourth-order valence-electron chi connectivity index (χ4n) is 9.33. The number of nitrogens with one attached hydrogen (secondary N) is 3. The molecule has 26 heteroatoms. The molecule has 2 aliphatic rings. The van der Waals surface area contributed by atoms with E-state index in [1.807, 2.05) is 31.3 Å². The largest absolute Gasteiger partial charge is 0.494 e. The van der Waals surface area contributed by atoms with Crippen LogP contribution >= 0.6 is 22.9 Å². The van der Waals surface area contributed by atoms with Gasteiger partial charge in [-0.25, -0.2) is 18.6 Å². The summed E-state index contributed by atoms with van der Waals surface area (Å²) in [5, 5.41) is 19.2. The number of aromatic nitrogens is 3. The molecule has 0 bridgehead atoms. The van der Waals surface area contributed by atoms with Crippen LogP contribution in [0.25, 0.3) is 0 Å². The Bertz CT molecular complexity index is 2930. The number of aliphatic imine (C=N–C) groups is 1. The van der Waals surface area contributed by atoms with Gasteiger partial charge >= 0.3 is 6.03 Å². The Hall–Kier alpha value is -6.97. The van der Waals surface area contributed by atoms with Crippen molar-refractivity contribution in [3.8, 4) is 11.5 Å². The van der Waals surface area contributed by atoms with Crippen molar-refractivity contribution in [3.63, 3.8) is 0 Å². The number of hydrogen-bond donors (Lipinski definition) is 4. The number of alkyl halides is 2. The average molecular weight is 1260 g/mol. The summed E-state index contributed by atoms with van der Waals surface area (Å²) in [6.07, 6.45) is 5.86. The highest BCUT2D eigenvalue weighted by molar-refractivity contribution is 7.14. The van der Waals surface area contributed by atoms with Crippen molar-refractivity contribution in [1.29, 1.82) is 0 Å². The van der Waals surface area contributed by atoms with Crippen molar-refractivity contribution >= 4 is 69.8 Å². The van der Waals surface area contributed by atoms with Crippen LogP contribution in [0.3, 0.4) is 0 Å². The van der Waals surface area contributed by atoms with E-state index in [1.54, 1.807) is 85.0 Å². The lowest BCUT2D eigenvalue weighted by Crippen LogP contribution is -2.56. The molecule has 4 amide bonds.